The maximum absolute atomic E-state index is 11.8. The average Bonchev–Trinajstić information content (AvgIpc) is 2.60. The number of amides is 2. The second-order valence-electron chi connectivity index (χ2n) is 5.50. The number of hydrogen-bond acceptors (Lipinski definition) is 3. The SMILES string of the molecule is O=C(CCc1ccccc1)NCCCNC(=O)c1cccc(O)c1. The van der Waals surface area contributed by atoms with Gasteiger partial charge in [0.05, 0.1) is 0 Å². The second kappa shape index (κ2) is 9.35. The third-order valence-electron chi connectivity index (χ3n) is 3.55. The highest BCUT2D eigenvalue weighted by atomic mass is 16.3. The molecule has 2 rings (SSSR count). The highest BCUT2D eigenvalue weighted by molar-refractivity contribution is 5.94. The number of phenolic OH excluding ortho intramolecular Hbond substituents is 1. The van der Waals surface area contributed by atoms with Gasteiger partial charge in [-0.3, -0.25) is 9.59 Å². The molecule has 5 heteroatoms. The lowest BCUT2D eigenvalue weighted by Gasteiger charge is -2.07. The molecule has 0 spiro atoms. The zero-order valence-corrected chi connectivity index (χ0v) is 13.5. The van der Waals surface area contributed by atoms with Gasteiger partial charge in [0.1, 0.15) is 5.75 Å². The van der Waals surface area contributed by atoms with Crippen LogP contribution in [0.4, 0.5) is 0 Å². The van der Waals surface area contributed by atoms with E-state index in [4.69, 9.17) is 0 Å². The summed E-state index contributed by atoms with van der Waals surface area (Å²) >= 11 is 0. The molecule has 0 saturated carbocycles. The molecule has 0 aliphatic rings. The Bertz CT molecular complexity index is 671. The smallest absolute Gasteiger partial charge is 0.251 e. The number of aromatic hydroxyl groups is 1. The van der Waals surface area contributed by atoms with Crippen molar-refractivity contribution in [1.29, 1.82) is 0 Å². The van der Waals surface area contributed by atoms with Crippen molar-refractivity contribution in [3.63, 3.8) is 0 Å². The summed E-state index contributed by atoms with van der Waals surface area (Å²) in [6, 6.07) is 16.1. The van der Waals surface area contributed by atoms with Crippen LogP contribution in [0, 0.1) is 0 Å². The van der Waals surface area contributed by atoms with E-state index in [1.165, 1.54) is 12.1 Å². The van der Waals surface area contributed by atoms with Gasteiger partial charge in [-0.2, -0.15) is 0 Å². The van der Waals surface area contributed by atoms with Crippen LogP contribution >= 0.6 is 0 Å². The van der Waals surface area contributed by atoms with E-state index in [-0.39, 0.29) is 17.6 Å². The molecule has 0 heterocycles. The predicted molar refractivity (Wildman–Crippen MR) is 92.8 cm³/mol. The molecule has 0 aliphatic carbocycles. The van der Waals surface area contributed by atoms with Gasteiger partial charge in [-0.1, -0.05) is 36.4 Å². The van der Waals surface area contributed by atoms with Crippen molar-refractivity contribution in [2.24, 2.45) is 0 Å². The number of benzene rings is 2. The van der Waals surface area contributed by atoms with Gasteiger partial charge in [0, 0.05) is 25.1 Å². The quantitative estimate of drug-likeness (QED) is 0.651. The molecular weight excluding hydrogens is 304 g/mol. The zero-order chi connectivity index (χ0) is 17.2. The first-order valence-corrected chi connectivity index (χ1v) is 8.03. The van der Waals surface area contributed by atoms with Gasteiger partial charge in [0.15, 0.2) is 0 Å². The zero-order valence-electron chi connectivity index (χ0n) is 13.5. The van der Waals surface area contributed by atoms with E-state index in [1.54, 1.807) is 12.1 Å². The fourth-order valence-electron chi connectivity index (χ4n) is 2.26. The van der Waals surface area contributed by atoms with Gasteiger partial charge in [-0.15, -0.1) is 0 Å². The summed E-state index contributed by atoms with van der Waals surface area (Å²) in [5, 5.41) is 14.9. The van der Waals surface area contributed by atoms with Crippen molar-refractivity contribution >= 4 is 11.8 Å². The molecule has 0 aromatic heterocycles. The Balaban J connectivity index is 1.57. The molecule has 0 fully saturated rings. The van der Waals surface area contributed by atoms with Crippen LogP contribution in [0.5, 0.6) is 5.75 Å². The first-order valence-electron chi connectivity index (χ1n) is 8.03. The molecule has 0 saturated heterocycles. The van der Waals surface area contributed by atoms with Crippen molar-refractivity contribution in [3.8, 4) is 5.75 Å². The van der Waals surface area contributed by atoms with Gasteiger partial charge in [-0.05, 0) is 36.6 Å². The number of rotatable bonds is 8. The minimum atomic E-state index is -0.235. The van der Waals surface area contributed by atoms with Crippen molar-refractivity contribution < 1.29 is 14.7 Å². The minimum absolute atomic E-state index is 0.0122. The number of aryl methyl sites for hydroxylation is 1. The standard InChI is InChI=1S/C19H22N2O3/c22-17-9-4-8-16(14-17)19(24)21-13-5-12-20-18(23)11-10-15-6-2-1-3-7-15/h1-4,6-9,14,22H,5,10-13H2,(H,20,23)(H,21,24). The van der Waals surface area contributed by atoms with Crippen LogP contribution in [0.1, 0.15) is 28.8 Å². The number of phenols is 1. The third-order valence-corrected chi connectivity index (χ3v) is 3.55. The van der Waals surface area contributed by atoms with Crippen LogP contribution in [0.2, 0.25) is 0 Å². The van der Waals surface area contributed by atoms with E-state index >= 15 is 0 Å². The van der Waals surface area contributed by atoms with E-state index in [2.05, 4.69) is 10.6 Å². The average molecular weight is 326 g/mol. The minimum Gasteiger partial charge on any atom is -0.508 e. The highest BCUT2D eigenvalue weighted by Gasteiger charge is 2.05. The van der Waals surface area contributed by atoms with Gasteiger partial charge in [-0.25, -0.2) is 0 Å². The Hall–Kier alpha value is -2.82. The third kappa shape index (κ3) is 6.12. The maximum Gasteiger partial charge on any atom is 0.251 e. The fraction of sp³-hybridized carbons (Fsp3) is 0.263. The Kier molecular flexibility index (Phi) is 6.83. The monoisotopic (exact) mass is 326 g/mol. The molecule has 126 valence electrons. The molecule has 0 radical (unpaired) electrons. The molecule has 0 aliphatic heterocycles. The van der Waals surface area contributed by atoms with Gasteiger partial charge in [0.25, 0.3) is 5.91 Å². The molecule has 2 amide bonds. The number of hydrogen-bond donors (Lipinski definition) is 3. The lowest BCUT2D eigenvalue weighted by molar-refractivity contribution is -0.121. The molecule has 0 unspecified atom stereocenters. The van der Waals surface area contributed by atoms with E-state index in [1.807, 2.05) is 30.3 Å². The second-order valence-corrected chi connectivity index (χ2v) is 5.50. The van der Waals surface area contributed by atoms with E-state index in [0.29, 0.717) is 31.5 Å². The molecule has 2 aromatic rings. The first-order chi connectivity index (χ1) is 11.6. The summed E-state index contributed by atoms with van der Waals surface area (Å²) in [7, 11) is 0. The number of nitrogens with one attached hydrogen (secondary N) is 2. The van der Waals surface area contributed by atoms with Gasteiger partial charge in [0.2, 0.25) is 5.91 Å². The Morgan fingerprint density at radius 1 is 0.917 bits per heavy atom. The van der Waals surface area contributed by atoms with Crippen LogP contribution < -0.4 is 10.6 Å². The normalized spacial score (nSPS) is 10.2. The summed E-state index contributed by atoms with van der Waals surface area (Å²) < 4.78 is 0. The largest absolute Gasteiger partial charge is 0.508 e. The lowest BCUT2D eigenvalue weighted by Crippen LogP contribution is -2.30. The topological polar surface area (TPSA) is 78.4 Å². The van der Waals surface area contributed by atoms with E-state index in [9.17, 15) is 14.7 Å². The number of carbonyl (C=O) groups is 2. The van der Waals surface area contributed by atoms with Crippen LogP contribution in [0.25, 0.3) is 0 Å². The molecular formula is C19H22N2O3. The maximum atomic E-state index is 11.8. The van der Waals surface area contributed by atoms with Crippen LogP contribution in [-0.4, -0.2) is 30.0 Å². The Labute approximate surface area is 141 Å². The first kappa shape index (κ1) is 17.5. The van der Waals surface area contributed by atoms with Gasteiger partial charge < -0.3 is 15.7 Å². The predicted octanol–water partition coefficient (Wildman–Crippen LogP) is 2.26. The summed E-state index contributed by atoms with van der Waals surface area (Å²) in [5.74, 6) is -0.159. The van der Waals surface area contributed by atoms with Crippen molar-refractivity contribution in [2.75, 3.05) is 13.1 Å². The highest BCUT2D eigenvalue weighted by Crippen LogP contribution is 2.10. The summed E-state index contributed by atoms with van der Waals surface area (Å²) in [6.45, 7) is 0.987. The fourth-order valence-corrected chi connectivity index (χ4v) is 2.26. The lowest BCUT2D eigenvalue weighted by atomic mass is 10.1. The number of carbonyl (C=O) groups excluding carboxylic acids is 2. The molecule has 2 aromatic carbocycles. The van der Waals surface area contributed by atoms with Crippen molar-refractivity contribution in [2.45, 2.75) is 19.3 Å². The molecule has 24 heavy (non-hydrogen) atoms. The molecule has 3 N–H and O–H groups in total. The van der Waals surface area contributed by atoms with Crippen LogP contribution in [0.15, 0.2) is 54.6 Å². The van der Waals surface area contributed by atoms with Crippen LogP contribution in [-0.2, 0) is 11.2 Å². The van der Waals surface area contributed by atoms with E-state index < -0.39 is 0 Å². The Morgan fingerprint density at radius 2 is 1.67 bits per heavy atom. The van der Waals surface area contributed by atoms with Crippen LogP contribution in [0.3, 0.4) is 0 Å². The Morgan fingerprint density at radius 3 is 2.42 bits per heavy atom. The van der Waals surface area contributed by atoms with Crippen molar-refractivity contribution in [3.05, 3.63) is 65.7 Å². The summed E-state index contributed by atoms with van der Waals surface area (Å²) in [4.78, 5) is 23.6. The summed E-state index contributed by atoms with van der Waals surface area (Å²) in [5.41, 5.74) is 1.56. The van der Waals surface area contributed by atoms with Gasteiger partial charge >= 0.3 is 0 Å². The summed E-state index contributed by atoms with van der Waals surface area (Å²) in [6.07, 6.45) is 1.84. The van der Waals surface area contributed by atoms with E-state index in [0.717, 1.165) is 12.0 Å². The molecule has 0 bridgehead atoms. The molecule has 5 nitrogen and oxygen atoms in total. The van der Waals surface area contributed by atoms with Crippen molar-refractivity contribution in [1.82, 2.24) is 10.6 Å². The molecule has 0 atom stereocenters.